The van der Waals surface area contributed by atoms with Gasteiger partial charge in [0.1, 0.15) is 0 Å². The molecule has 0 aliphatic rings. The number of allylic oxidation sites excluding steroid dienone is 2. The number of rotatable bonds is 3. The first-order chi connectivity index (χ1) is 4.89. The summed E-state index contributed by atoms with van der Waals surface area (Å²) < 4.78 is 0. The highest BCUT2D eigenvalue weighted by molar-refractivity contribution is 5.92. The predicted molar refractivity (Wildman–Crippen MR) is 48.5 cm³/mol. The van der Waals surface area contributed by atoms with Crippen LogP contribution in [0.25, 0.3) is 0 Å². The van der Waals surface area contributed by atoms with Crippen LogP contribution in [0, 0.1) is 5.41 Å². The Balaban J connectivity index is 4.41. The number of Topliss-reactive ketones (excluding diaryl/α,β-unsaturated/α-hetero) is 1. The molecule has 0 fully saturated rings. The molecule has 0 spiro atoms. The zero-order valence-electron chi connectivity index (χ0n) is 8.19. The van der Waals surface area contributed by atoms with Crippen molar-refractivity contribution in [1.82, 2.24) is 0 Å². The second-order valence-electron chi connectivity index (χ2n) is 3.73. The van der Waals surface area contributed by atoms with Crippen molar-refractivity contribution in [3.8, 4) is 0 Å². The van der Waals surface area contributed by atoms with Crippen molar-refractivity contribution < 1.29 is 4.79 Å². The third-order valence-corrected chi connectivity index (χ3v) is 2.07. The van der Waals surface area contributed by atoms with E-state index in [9.17, 15) is 4.79 Å². The lowest BCUT2D eigenvalue weighted by molar-refractivity contribution is -0.113. The minimum Gasteiger partial charge on any atom is -0.295 e. The Morgan fingerprint density at radius 3 is 2.09 bits per heavy atom. The molecule has 0 rings (SSSR count). The monoisotopic (exact) mass is 154 g/mol. The van der Waals surface area contributed by atoms with E-state index in [-0.39, 0.29) is 11.2 Å². The highest BCUT2D eigenvalue weighted by Gasteiger charge is 2.12. The van der Waals surface area contributed by atoms with Crippen molar-refractivity contribution in [3.63, 3.8) is 0 Å². The standard InChI is InChI=1S/C10H18O/c1-6-10(4,5)7-8(2)9(3)11/h7H,6H2,1-5H3. The fourth-order valence-corrected chi connectivity index (χ4v) is 0.790. The third kappa shape index (κ3) is 3.97. The van der Waals surface area contributed by atoms with Crippen LogP contribution >= 0.6 is 0 Å². The van der Waals surface area contributed by atoms with Crippen LogP contribution in [0.2, 0.25) is 0 Å². The summed E-state index contributed by atoms with van der Waals surface area (Å²) in [6.45, 7) is 9.89. The van der Waals surface area contributed by atoms with Gasteiger partial charge in [-0.3, -0.25) is 4.79 Å². The van der Waals surface area contributed by atoms with Crippen LogP contribution < -0.4 is 0 Å². The van der Waals surface area contributed by atoms with Crippen LogP contribution in [0.5, 0.6) is 0 Å². The molecule has 0 aromatic rings. The van der Waals surface area contributed by atoms with E-state index in [1.807, 2.05) is 6.92 Å². The molecule has 0 radical (unpaired) electrons. The first-order valence-electron chi connectivity index (χ1n) is 4.09. The molecule has 0 unspecified atom stereocenters. The third-order valence-electron chi connectivity index (χ3n) is 2.07. The quantitative estimate of drug-likeness (QED) is 0.571. The summed E-state index contributed by atoms with van der Waals surface area (Å²) in [5, 5.41) is 0. The number of hydrogen-bond acceptors (Lipinski definition) is 1. The maximum Gasteiger partial charge on any atom is 0.155 e. The molecule has 0 bridgehead atoms. The molecule has 0 amide bonds. The van der Waals surface area contributed by atoms with Crippen LogP contribution in [0.1, 0.15) is 41.0 Å². The molecule has 0 aliphatic heterocycles. The van der Waals surface area contributed by atoms with Crippen molar-refractivity contribution in [2.75, 3.05) is 0 Å². The Morgan fingerprint density at radius 1 is 1.36 bits per heavy atom. The Morgan fingerprint density at radius 2 is 1.82 bits per heavy atom. The molecule has 0 atom stereocenters. The van der Waals surface area contributed by atoms with Gasteiger partial charge in [-0.1, -0.05) is 26.8 Å². The van der Waals surface area contributed by atoms with E-state index in [0.717, 1.165) is 12.0 Å². The normalized spacial score (nSPS) is 13.4. The Kier molecular flexibility index (Phi) is 3.50. The van der Waals surface area contributed by atoms with Crippen LogP contribution in [0.3, 0.4) is 0 Å². The molecule has 0 aromatic carbocycles. The zero-order chi connectivity index (χ0) is 9.07. The summed E-state index contributed by atoms with van der Waals surface area (Å²) in [4.78, 5) is 10.9. The molecule has 0 saturated carbocycles. The topological polar surface area (TPSA) is 17.1 Å². The molecule has 0 saturated heterocycles. The molecule has 0 aliphatic carbocycles. The van der Waals surface area contributed by atoms with E-state index in [1.54, 1.807) is 6.92 Å². The zero-order valence-corrected chi connectivity index (χ0v) is 8.19. The van der Waals surface area contributed by atoms with Crippen molar-refractivity contribution in [1.29, 1.82) is 0 Å². The van der Waals surface area contributed by atoms with Crippen molar-refractivity contribution >= 4 is 5.78 Å². The van der Waals surface area contributed by atoms with Crippen LogP contribution in [-0.2, 0) is 4.79 Å². The average molecular weight is 154 g/mol. The molecule has 1 heteroatoms. The van der Waals surface area contributed by atoms with Gasteiger partial charge in [0.25, 0.3) is 0 Å². The van der Waals surface area contributed by atoms with Gasteiger partial charge in [0.15, 0.2) is 5.78 Å². The number of carbonyl (C=O) groups excluding carboxylic acids is 1. The summed E-state index contributed by atoms with van der Waals surface area (Å²) in [6, 6.07) is 0. The van der Waals surface area contributed by atoms with E-state index in [4.69, 9.17) is 0 Å². The van der Waals surface area contributed by atoms with Gasteiger partial charge in [-0.2, -0.15) is 0 Å². The van der Waals surface area contributed by atoms with E-state index in [1.165, 1.54) is 0 Å². The van der Waals surface area contributed by atoms with Crippen LogP contribution in [0.4, 0.5) is 0 Å². The molecular formula is C10H18O. The van der Waals surface area contributed by atoms with E-state index >= 15 is 0 Å². The summed E-state index contributed by atoms with van der Waals surface area (Å²) in [5.41, 5.74) is 1.03. The summed E-state index contributed by atoms with van der Waals surface area (Å²) in [6.07, 6.45) is 3.12. The summed E-state index contributed by atoms with van der Waals surface area (Å²) in [7, 11) is 0. The highest BCUT2D eigenvalue weighted by Crippen LogP contribution is 2.23. The lowest BCUT2D eigenvalue weighted by Gasteiger charge is -2.17. The van der Waals surface area contributed by atoms with E-state index in [0.29, 0.717) is 0 Å². The molecule has 0 aromatic heterocycles. The Hall–Kier alpha value is -0.590. The van der Waals surface area contributed by atoms with Gasteiger partial charge in [-0.15, -0.1) is 0 Å². The van der Waals surface area contributed by atoms with Gasteiger partial charge in [0.2, 0.25) is 0 Å². The molecule has 64 valence electrons. The number of carbonyl (C=O) groups is 1. The molecule has 11 heavy (non-hydrogen) atoms. The van der Waals surface area contributed by atoms with Gasteiger partial charge in [-0.05, 0) is 31.3 Å². The second-order valence-corrected chi connectivity index (χ2v) is 3.73. The SMILES string of the molecule is CCC(C)(C)C=C(C)C(C)=O. The molecule has 0 heterocycles. The first-order valence-corrected chi connectivity index (χ1v) is 4.09. The van der Waals surface area contributed by atoms with Crippen molar-refractivity contribution in [2.45, 2.75) is 41.0 Å². The van der Waals surface area contributed by atoms with Crippen LogP contribution in [0.15, 0.2) is 11.6 Å². The maximum atomic E-state index is 10.9. The summed E-state index contributed by atoms with van der Waals surface area (Å²) >= 11 is 0. The average Bonchev–Trinajstić information content (AvgIpc) is 1.87. The second kappa shape index (κ2) is 3.70. The highest BCUT2D eigenvalue weighted by atomic mass is 16.1. The van der Waals surface area contributed by atoms with Crippen molar-refractivity contribution in [3.05, 3.63) is 11.6 Å². The van der Waals surface area contributed by atoms with E-state index in [2.05, 4.69) is 26.8 Å². The van der Waals surface area contributed by atoms with E-state index < -0.39 is 0 Å². The maximum absolute atomic E-state index is 10.9. The molecule has 0 N–H and O–H groups in total. The minimum atomic E-state index is 0.162. The van der Waals surface area contributed by atoms with Gasteiger partial charge in [-0.25, -0.2) is 0 Å². The minimum absolute atomic E-state index is 0.162. The van der Waals surface area contributed by atoms with Crippen molar-refractivity contribution in [2.24, 2.45) is 5.41 Å². The van der Waals surface area contributed by atoms with Gasteiger partial charge < -0.3 is 0 Å². The predicted octanol–water partition coefficient (Wildman–Crippen LogP) is 2.96. The fourth-order valence-electron chi connectivity index (χ4n) is 0.790. The van der Waals surface area contributed by atoms with Crippen LogP contribution in [-0.4, -0.2) is 5.78 Å². The molecular weight excluding hydrogens is 136 g/mol. The number of ketones is 1. The van der Waals surface area contributed by atoms with Gasteiger partial charge in [0.05, 0.1) is 0 Å². The molecule has 1 nitrogen and oxygen atoms in total. The van der Waals surface area contributed by atoms with Gasteiger partial charge >= 0.3 is 0 Å². The smallest absolute Gasteiger partial charge is 0.155 e. The summed E-state index contributed by atoms with van der Waals surface area (Å²) in [5.74, 6) is 0.173. The first kappa shape index (κ1) is 10.4. The fraction of sp³-hybridized carbons (Fsp3) is 0.700. The van der Waals surface area contributed by atoms with Gasteiger partial charge in [0, 0.05) is 0 Å². The number of hydrogen-bond donors (Lipinski definition) is 0. The Bertz CT molecular complexity index is 175. The lowest BCUT2D eigenvalue weighted by Crippen LogP contribution is -2.07. The lowest BCUT2D eigenvalue weighted by atomic mass is 9.87. The largest absolute Gasteiger partial charge is 0.295 e. The Labute approximate surface area is 69.5 Å².